The first-order valence-electron chi connectivity index (χ1n) is 9.41. The van der Waals surface area contributed by atoms with Crippen LogP contribution in [0.3, 0.4) is 0 Å². The molecular weight excluding hydrogens is 366 g/mol. The number of fused-ring (bicyclic) bond motifs is 1. The number of nitrogens with one attached hydrogen (secondary N) is 2. The molecule has 2 aliphatic rings. The Morgan fingerprint density at radius 1 is 1.25 bits per heavy atom. The van der Waals surface area contributed by atoms with Crippen LogP contribution < -0.4 is 10.2 Å². The van der Waals surface area contributed by atoms with E-state index < -0.39 is 17.2 Å². The summed E-state index contributed by atoms with van der Waals surface area (Å²) >= 11 is 0. The van der Waals surface area contributed by atoms with Crippen molar-refractivity contribution in [3.05, 3.63) is 36.0 Å². The van der Waals surface area contributed by atoms with Crippen LogP contribution in [-0.2, 0) is 0 Å². The highest BCUT2D eigenvalue weighted by molar-refractivity contribution is 5.89. The Labute approximate surface area is 159 Å². The summed E-state index contributed by atoms with van der Waals surface area (Å²) in [5.41, 5.74) is 0.0537. The SMILES string of the molecule is OC1(C2CN(c3nc(-c4[nH]nc5ncccc45)c(F)cc3F)CCN2)CCC1. The second-order valence-corrected chi connectivity index (χ2v) is 7.51. The van der Waals surface area contributed by atoms with Crippen molar-refractivity contribution in [1.82, 2.24) is 25.5 Å². The first-order valence-corrected chi connectivity index (χ1v) is 9.41. The molecule has 3 N–H and O–H groups in total. The van der Waals surface area contributed by atoms with E-state index >= 15 is 0 Å². The van der Waals surface area contributed by atoms with Crippen LogP contribution >= 0.6 is 0 Å². The van der Waals surface area contributed by atoms with Gasteiger partial charge in [0.15, 0.2) is 23.1 Å². The zero-order chi connectivity index (χ0) is 19.3. The Morgan fingerprint density at radius 3 is 2.89 bits per heavy atom. The minimum absolute atomic E-state index is 0.00402. The molecule has 1 saturated heterocycles. The molecule has 3 aromatic rings. The van der Waals surface area contributed by atoms with Gasteiger partial charge >= 0.3 is 0 Å². The van der Waals surface area contributed by atoms with Gasteiger partial charge in [-0.3, -0.25) is 5.10 Å². The summed E-state index contributed by atoms with van der Waals surface area (Å²) in [4.78, 5) is 10.2. The molecule has 146 valence electrons. The Balaban J connectivity index is 1.53. The lowest BCUT2D eigenvalue weighted by atomic mass is 9.74. The molecule has 5 rings (SSSR count). The van der Waals surface area contributed by atoms with Crippen LogP contribution in [0.2, 0.25) is 0 Å². The Morgan fingerprint density at radius 2 is 2.11 bits per heavy atom. The average molecular weight is 386 g/mol. The van der Waals surface area contributed by atoms with Crippen LogP contribution in [0.25, 0.3) is 22.4 Å². The van der Waals surface area contributed by atoms with Gasteiger partial charge in [0.1, 0.15) is 5.69 Å². The summed E-state index contributed by atoms with van der Waals surface area (Å²) in [6, 6.07) is 4.18. The summed E-state index contributed by atoms with van der Waals surface area (Å²) in [6.45, 7) is 1.53. The van der Waals surface area contributed by atoms with E-state index in [1.807, 2.05) is 0 Å². The number of nitrogens with zero attached hydrogens (tertiary/aromatic N) is 4. The molecule has 28 heavy (non-hydrogen) atoms. The van der Waals surface area contributed by atoms with Crippen molar-refractivity contribution in [3.63, 3.8) is 0 Å². The largest absolute Gasteiger partial charge is 0.388 e. The normalized spacial score (nSPS) is 21.7. The van der Waals surface area contributed by atoms with E-state index in [4.69, 9.17) is 0 Å². The lowest BCUT2D eigenvalue weighted by Crippen LogP contribution is -2.64. The van der Waals surface area contributed by atoms with Crippen LogP contribution in [0, 0.1) is 11.6 Å². The molecule has 7 nitrogen and oxygen atoms in total. The standard InChI is InChI=1S/C19H20F2N6O/c20-12-9-13(21)18(27-8-7-22-14(10-27)19(28)4-2-5-19)24-16(12)15-11-3-1-6-23-17(11)26-25-15/h1,3,6,9,14,22,28H,2,4-5,7-8,10H2,(H,23,25,26). The first kappa shape index (κ1) is 17.4. The average Bonchev–Trinajstić information content (AvgIpc) is 3.10. The minimum Gasteiger partial charge on any atom is -0.388 e. The number of piperazine rings is 1. The molecule has 1 unspecified atom stereocenters. The van der Waals surface area contributed by atoms with Gasteiger partial charge in [-0.15, -0.1) is 0 Å². The molecule has 4 heterocycles. The van der Waals surface area contributed by atoms with Crippen LogP contribution in [0.15, 0.2) is 24.4 Å². The number of aromatic nitrogens is 4. The summed E-state index contributed by atoms with van der Waals surface area (Å²) in [6.07, 6.45) is 4.05. The topological polar surface area (TPSA) is 90.0 Å². The Bertz CT molecular complexity index is 1030. The number of hydrogen-bond donors (Lipinski definition) is 3. The number of halogens is 2. The van der Waals surface area contributed by atoms with Gasteiger partial charge in [-0.25, -0.2) is 18.7 Å². The maximum absolute atomic E-state index is 14.6. The van der Waals surface area contributed by atoms with Crippen LogP contribution in [-0.4, -0.2) is 56.5 Å². The van der Waals surface area contributed by atoms with E-state index in [-0.39, 0.29) is 17.6 Å². The molecule has 0 radical (unpaired) electrons. The smallest absolute Gasteiger partial charge is 0.181 e. The zero-order valence-corrected chi connectivity index (χ0v) is 15.1. The first-order chi connectivity index (χ1) is 13.5. The van der Waals surface area contributed by atoms with E-state index in [9.17, 15) is 13.9 Å². The number of pyridine rings is 2. The quantitative estimate of drug-likeness (QED) is 0.638. The van der Waals surface area contributed by atoms with E-state index in [0.717, 1.165) is 25.3 Å². The van der Waals surface area contributed by atoms with E-state index in [2.05, 4.69) is 25.5 Å². The van der Waals surface area contributed by atoms with Crippen LogP contribution in [0.5, 0.6) is 0 Å². The zero-order valence-electron chi connectivity index (χ0n) is 15.1. The van der Waals surface area contributed by atoms with Crippen molar-refractivity contribution in [2.24, 2.45) is 0 Å². The summed E-state index contributed by atoms with van der Waals surface area (Å²) in [7, 11) is 0. The number of rotatable bonds is 3. The number of hydrogen-bond acceptors (Lipinski definition) is 6. The van der Waals surface area contributed by atoms with E-state index in [0.29, 0.717) is 36.4 Å². The van der Waals surface area contributed by atoms with E-state index in [1.165, 1.54) is 0 Å². The van der Waals surface area contributed by atoms with Gasteiger partial charge in [-0.2, -0.15) is 5.10 Å². The molecule has 1 aliphatic heterocycles. The number of H-pyrrole nitrogens is 1. The van der Waals surface area contributed by atoms with Crippen molar-refractivity contribution < 1.29 is 13.9 Å². The molecule has 2 fully saturated rings. The van der Waals surface area contributed by atoms with Gasteiger partial charge in [0.25, 0.3) is 0 Å². The molecule has 0 amide bonds. The van der Waals surface area contributed by atoms with Gasteiger partial charge in [0, 0.05) is 37.3 Å². The highest BCUT2D eigenvalue weighted by Crippen LogP contribution is 2.37. The van der Waals surface area contributed by atoms with E-state index in [1.54, 1.807) is 23.2 Å². The third-order valence-electron chi connectivity index (χ3n) is 5.82. The number of aliphatic hydroxyl groups is 1. The molecule has 0 bridgehead atoms. The van der Waals surface area contributed by atoms with Crippen LogP contribution in [0.4, 0.5) is 14.6 Å². The molecule has 0 aromatic carbocycles. The highest BCUT2D eigenvalue weighted by Gasteiger charge is 2.44. The monoisotopic (exact) mass is 386 g/mol. The number of aromatic amines is 1. The van der Waals surface area contributed by atoms with Gasteiger partial charge in [-0.1, -0.05) is 0 Å². The predicted molar refractivity (Wildman–Crippen MR) is 99.8 cm³/mol. The molecule has 3 aromatic heterocycles. The highest BCUT2D eigenvalue weighted by atomic mass is 19.1. The minimum atomic E-state index is -0.764. The lowest BCUT2D eigenvalue weighted by molar-refractivity contribution is -0.0650. The third-order valence-corrected chi connectivity index (χ3v) is 5.82. The fraction of sp³-hybridized carbons (Fsp3) is 0.421. The maximum atomic E-state index is 14.6. The second-order valence-electron chi connectivity index (χ2n) is 7.51. The fourth-order valence-corrected chi connectivity index (χ4v) is 4.07. The molecule has 1 atom stereocenters. The predicted octanol–water partition coefficient (Wildman–Crippen LogP) is 1.99. The molecule has 1 aliphatic carbocycles. The Hall–Kier alpha value is -2.65. The molecule has 0 spiro atoms. The summed E-state index contributed by atoms with van der Waals surface area (Å²) in [5.74, 6) is -1.40. The number of anilines is 1. The summed E-state index contributed by atoms with van der Waals surface area (Å²) < 4.78 is 29.2. The van der Waals surface area contributed by atoms with Crippen molar-refractivity contribution in [3.8, 4) is 11.4 Å². The van der Waals surface area contributed by atoms with Gasteiger partial charge in [-0.05, 0) is 31.4 Å². The van der Waals surface area contributed by atoms with Gasteiger partial charge in [0.05, 0.1) is 17.3 Å². The molecule has 1 saturated carbocycles. The van der Waals surface area contributed by atoms with Gasteiger partial charge < -0.3 is 15.3 Å². The molecular formula is C19H20F2N6O. The summed E-state index contributed by atoms with van der Waals surface area (Å²) in [5, 5.41) is 21.4. The third kappa shape index (κ3) is 2.73. The van der Waals surface area contributed by atoms with Crippen LogP contribution in [0.1, 0.15) is 19.3 Å². The lowest BCUT2D eigenvalue weighted by Gasteiger charge is -2.48. The second kappa shape index (κ2) is 6.46. The van der Waals surface area contributed by atoms with Crippen molar-refractivity contribution >= 4 is 16.9 Å². The maximum Gasteiger partial charge on any atom is 0.181 e. The van der Waals surface area contributed by atoms with Crippen molar-refractivity contribution in [1.29, 1.82) is 0 Å². The fourth-order valence-electron chi connectivity index (χ4n) is 4.07. The Kier molecular flexibility index (Phi) is 4.02. The van der Waals surface area contributed by atoms with Crippen molar-refractivity contribution in [2.45, 2.75) is 30.9 Å². The molecule has 9 heteroatoms. The van der Waals surface area contributed by atoms with Crippen molar-refractivity contribution in [2.75, 3.05) is 24.5 Å². The van der Waals surface area contributed by atoms with Gasteiger partial charge in [0.2, 0.25) is 0 Å².